The summed E-state index contributed by atoms with van der Waals surface area (Å²) in [5, 5.41) is 15.1. The molecule has 6 nitrogen and oxygen atoms in total. The second kappa shape index (κ2) is 9.03. The summed E-state index contributed by atoms with van der Waals surface area (Å²) in [7, 11) is 0. The molecule has 2 rings (SSSR count). The first-order valence-electron chi connectivity index (χ1n) is 9.40. The number of carboxylic acid groups (broad SMARTS) is 1. The van der Waals surface area contributed by atoms with Gasteiger partial charge in [-0.3, -0.25) is 0 Å². The van der Waals surface area contributed by atoms with Gasteiger partial charge in [0.2, 0.25) is 0 Å². The molecule has 1 heterocycles. The van der Waals surface area contributed by atoms with Gasteiger partial charge in [-0.1, -0.05) is 39.3 Å². The molecule has 1 amide bonds. The van der Waals surface area contributed by atoms with E-state index in [0.29, 0.717) is 5.75 Å². The van der Waals surface area contributed by atoms with Gasteiger partial charge in [-0.15, -0.1) is 0 Å². The van der Waals surface area contributed by atoms with Crippen LogP contribution in [0.2, 0.25) is 0 Å². The lowest BCUT2D eigenvalue weighted by Crippen LogP contribution is -2.45. The van der Waals surface area contributed by atoms with Crippen LogP contribution in [0.3, 0.4) is 0 Å². The van der Waals surface area contributed by atoms with Crippen molar-refractivity contribution in [2.24, 2.45) is 5.92 Å². The monoisotopic (exact) mass is 362 g/mol. The summed E-state index contributed by atoms with van der Waals surface area (Å²) in [6, 6.07) is 6.62. The average Bonchev–Trinajstić information content (AvgIpc) is 2.86. The van der Waals surface area contributed by atoms with Crippen molar-refractivity contribution in [1.82, 2.24) is 10.6 Å². The molecular weight excluding hydrogens is 332 g/mol. The number of benzene rings is 1. The van der Waals surface area contributed by atoms with Crippen LogP contribution in [0.4, 0.5) is 4.79 Å². The maximum atomic E-state index is 12.1. The summed E-state index contributed by atoms with van der Waals surface area (Å²) in [5.74, 6) is -0.864. The Balaban J connectivity index is 2.13. The summed E-state index contributed by atoms with van der Waals surface area (Å²) in [6.45, 7) is 7.61. The van der Waals surface area contributed by atoms with Gasteiger partial charge in [-0.05, 0) is 49.4 Å². The first kappa shape index (κ1) is 20.2. The highest BCUT2D eigenvalue weighted by atomic mass is 16.6. The van der Waals surface area contributed by atoms with E-state index in [1.807, 2.05) is 12.1 Å². The lowest BCUT2D eigenvalue weighted by atomic mass is 9.74. The predicted molar refractivity (Wildman–Crippen MR) is 101 cm³/mol. The molecule has 1 aromatic rings. The number of carbonyl (C=O) groups is 2. The Kier molecular flexibility index (Phi) is 7.03. The highest BCUT2D eigenvalue weighted by Gasteiger charge is 2.31. The third-order valence-corrected chi connectivity index (χ3v) is 5.26. The molecule has 2 unspecified atom stereocenters. The van der Waals surface area contributed by atoms with Crippen LogP contribution in [-0.4, -0.2) is 36.3 Å². The number of ether oxygens (including phenoxy) is 1. The highest BCUT2D eigenvalue weighted by molar-refractivity contribution is 5.81. The van der Waals surface area contributed by atoms with Crippen molar-refractivity contribution in [3.8, 4) is 5.75 Å². The third-order valence-electron chi connectivity index (χ3n) is 5.26. The molecule has 2 atom stereocenters. The molecule has 0 radical (unpaired) electrons. The fourth-order valence-corrected chi connectivity index (χ4v) is 3.55. The maximum Gasteiger partial charge on any atom is 0.413 e. The van der Waals surface area contributed by atoms with Crippen molar-refractivity contribution in [2.75, 3.05) is 13.1 Å². The van der Waals surface area contributed by atoms with Gasteiger partial charge >= 0.3 is 12.1 Å². The van der Waals surface area contributed by atoms with Crippen molar-refractivity contribution in [3.05, 3.63) is 29.8 Å². The van der Waals surface area contributed by atoms with Crippen molar-refractivity contribution in [1.29, 1.82) is 0 Å². The minimum Gasteiger partial charge on any atom is -0.480 e. The highest BCUT2D eigenvalue weighted by Crippen LogP contribution is 2.35. The number of carboxylic acids is 1. The van der Waals surface area contributed by atoms with Gasteiger partial charge in [0.05, 0.1) is 0 Å². The molecule has 1 aliphatic rings. The second-order valence-electron chi connectivity index (χ2n) is 7.39. The number of amides is 1. The summed E-state index contributed by atoms with van der Waals surface area (Å²) < 4.78 is 5.36. The van der Waals surface area contributed by atoms with Gasteiger partial charge in [0.1, 0.15) is 11.8 Å². The van der Waals surface area contributed by atoms with Crippen molar-refractivity contribution in [2.45, 2.75) is 57.9 Å². The average molecular weight is 362 g/mol. The Morgan fingerprint density at radius 1 is 1.35 bits per heavy atom. The number of aliphatic carboxylic acids is 1. The van der Waals surface area contributed by atoms with E-state index in [4.69, 9.17) is 4.74 Å². The number of carbonyl (C=O) groups excluding carboxylic acids is 1. The molecule has 1 aliphatic heterocycles. The molecule has 6 heteroatoms. The zero-order valence-corrected chi connectivity index (χ0v) is 15.9. The first-order chi connectivity index (χ1) is 12.4. The van der Waals surface area contributed by atoms with Gasteiger partial charge in [0.25, 0.3) is 0 Å². The van der Waals surface area contributed by atoms with Gasteiger partial charge < -0.3 is 20.5 Å². The van der Waals surface area contributed by atoms with Crippen LogP contribution in [0.25, 0.3) is 0 Å². The van der Waals surface area contributed by atoms with E-state index in [2.05, 4.69) is 23.6 Å². The standard InChI is InChI=1S/C20H30N2O4/c1-4-20(10-5-6-11-21-13-20)15-8-7-9-16(12-15)26-19(25)22-17(14(2)3)18(23)24/h7-9,12,14,17,21H,4-6,10-11,13H2,1-3H3,(H,22,25)(H,23,24). The molecule has 0 spiro atoms. The topological polar surface area (TPSA) is 87.7 Å². The quantitative estimate of drug-likeness (QED) is 0.723. The predicted octanol–water partition coefficient (Wildman–Crippen LogP) is 3.31. The lowest BCUT2D eigenvalue weighted by molar-refractivity contribution is -0.140. The van der Waals surface area contributed by atoms with Crippen LogP contribution < -0.4 is 15.4 Å². The minimum absolute atomic E-state index is 0.0356. The Morgan fingerprint density at radius 3 is 2.77 bits per heavy atom. The normalized spacial score (nSPS) is 21.7. The molecule has 3 N–H and O–H groups in total. The smallest absolute Gasteiger partial charge is 0.413 e. The van der Waals surface area contributed by atoms with Crippen LogP contribution in [0.15, 0.2) is 24.3 Å². The SMILES string of the molecule is CCC1(c2cccc(OC(=O)NC(C(=O)O)C(C)C)c2)CCCCNC1. The fourth-order valence-electron chi connectivity index (χ4n) is 3.55. The molecule has 0 aromatic heterocycles. The van der Waals surface area contributed by atoms with Crippen LogP contribution >= 0.6 is 0 Å². The zero-order valence-electron chi connectivity index (χ0n) is 15.9. The number of hydrogen-bond donors (Lipinski definition) is 3. The summed E-state index contributed by atoms with van der Waals surface area (Å²) in [6.07, 6.45) is 3.70. The number of nitrogens with one attached hydrogen (secondary N) is 2. The van der Waals surface area contributed by atoms with Crippen LogP contribution in [0, 0.1) is 5.92 Å². The zero-order chi connectivity index (χ0) is 19.2. The maximum absolute atomic E-state index is 12.1. The molecule has 26 heavy (non-hydrogen) atoms. The number of hydrogen-bond acceptors (Lipinski definition) is 4. The van der Waals surface area contributed by atoms with Crippen molar-refractivity contribution >= 4 is 12.1 Å². The molecule has 1 aromatic carbocycles. The van der Waals surface area contributed by atoms with Crippen LogP contribution in [0.1, 0.15) is 52.0 Å². The first-order valence-corrected chi connectivity index (χ1v) is 9.40. The molecule has 0 saturated carbocycles. The van der Waals surface area contributed by atoms with Gasteiger partial charge in [0, 0.05) is 12.0 Å². The molecule has 1 fully saturated rings. The summed E-state index contributed by atoms with van der Waals surface area (Å²) in [5.41, 5.74) is 1.19. The van der Waals surface area contributed by atoms with Gasteiger partial charge in [-0.25, -0.2) is 9.59 Å². The summed E-state index contributed by atoms with van der Waals surface area (Å²) >= 11 is 0. The summed E-state index contributed by atoms with van der Waals surface area (Å²) in [4.78, 5) is 23.3. The largest absolute Gasteiger partial charge is 0.480 e. The Labute approximate surface area is 155 Å². The van der Waals surface area contributed by atoms with E-state index in [0.717, 1.165) is 31.5 Å². The lowest BCUT2D eigenvalue weighted by Gasteiger charge is -2.32. The Morgan fingerprint density at radius 2 is 2.12 bits per heavy atom. The van der Waals surface area contributed by atoms with Crippen molar-refractivity contribution < 1.29 is 19.4 Å². The fraction of sp³-hybridized carbons (Fsp3) is 0.600. The van der Waals surface area contributed by atoms with Gasteiger partial charge in [0.15, 0.2) is 0 Å². The second-order valence-corrected chi connectivity index (χ2v) is 7.39. The minimum atomic E-state index is -1.07. The van der Waals surface area contributed by atoms with E-state index in [1.54, 1.807) is 19.9 Å². The molecule has 144 valence electrons. The molecule has 1 saturated heterocycles. The number of rotatable bonds is 6. The van der Waals surface area contributed by atoms with Crippen LogP contribution in [0.5, 0.6) is 5.75 Å². The van der Waals surface area contributed by atoms with E-state index in [1.165, 1.54) is 12.8 Å². The van der Waals surface area contributed by atoms with Crippen molar-refractivity contribution in [3.63, 3.8) is 0 Å². The Hall–Kier alpha value is -2.08. The molecule has 0 aliphatic carbocycles. The van der Waals surface area contributed by atoms with E-state index >= 15 is 0 Å². The third kappa shape index (κ3) is 4.97. The van der Waals surface area contributed by atoms with E-state index in [-0.39, 0.29) is 11.3 Å². The van der Waals surface area contributed by atoms with E-state index in [9.17, 15) is 14.7 Å². The van der Waals surface area contributed by atoms with E-state index < -0.39 is 18.1 Å². The molecular formula is C20H30N2O4. The molecule has 0 bridgehead atoms. The van der Waals surface area contributed by atoms with Gasteiger partial charge in [-0.2, -0.15) is 0 Å². The Bertz CT molecular complexity index is 622. The van der Waals surface area contributed by atoms with Crippen LogP contribution in [-0.2, 0) is 10.2 Å².